The van der Waals surface area contributed by atoms with E-state index in [1.807, 2.05) is 16.4 Å². The summed E-state index contributed by atoms with van der Waals surface area (Å²) in [6.07, 6.45) is 2.94. The number of piperazine rings is 1. The summed E-state index contributed by atoms with van der Waals surface area (Å²) in [7, 11) is -1.39. The average molecular weight is 502 g/mol. The maximum Gasteiger partial charge on any atom is 0.478 e. The second kappa shape index (κ2) is 11.4. The molecule has 2 atom stereocenters. The fraction of sp³-hybridized carbons (Fsp3) is 0.542. The molecule has 0 aliphatic carbocycles. The van der Waals surface area contributed by atoms with Gasteiger partial charge in [0.25, 0.3) is 5.91 Å². The number of fused-ring (bicyclic) bond motifs is 1. The number of unbranched alkanes of at least 4 members (excludes halogenated alkanes) is 1. The number of hydrogen-bond acceptors (Lipinski definition) is 7. The molecule has 2 saturated heterocycles. The number of pyridine rings is 1. The minimum atomic E-state index is -1.39. The average Bonchev–Trinajstić information content (AvgIpc) is 2.85. The van der Waals surface area contributed by atoms with Crippen LogP contribution in [0.5, 0.6) is 0 Å². The van der Waals surface area contributed by atoms with Crippen LogP contribution in [0.15, 0.2) is 23.1 Å². The van der Waals surface area contributed by atoms with Crippen LogP contribution in [-0.2, 0) is 16.0 Å². The molecule has 2 aliphatic rings. The molecule has 0 unspecified atom stereocenters. The molecular formula is C24H32BFN4O6. The summed E-state index contributed by atoms with van der Waals surface area (Å²) in [6.45, 7) is 5.38. The summed E-state index contributed by atoms with van der Waals surface area (Å²) < 4.78 is 22.3. The van der Waals surface area contributed by atoms with Crippen molar-refractivity contribution in [3.05, 3.63) is 39.9 Å². The van der Waals surface area contributed by atoms with E-state index in [-0.39, 0.29) is 17.4 Å². The summed E-state index contributed by atoms with van der Waals surface area (Å²) in [5.41, 5.74) is 0.269. The second-order valence-electron chi connectivity index (χ2n) is 9.38. The molecule has 0 radical (unpaired) electrons. The fourth-order valence-corrected chi connectivity index (χ4v) is 4.83. The zero-order valence-electron chi connectivity index (χ0n) is 20.3. The Labute approximate surface area is 208 Å². The van der Waals surface area contributed by atoms with E-state index in [1.165, 1.54) is 12.3 Å². The van der Waals surface area contributed by atoms with E-state index in [4.69, 9.17) is 9.76 Å². The fourth-order valence-electron chi connectivity index (χ4n) is 4.83. The third-order valence-corrected chi connectivity index (χ3v) is 6.80. The predicted molar refractivity (Wildman–Crippen MR) is 134 cm³/mol. The molecular weight excluding hydrogens is 470 g/mol. The molecule has 4 rings (SSSR count). The summed E-state index contributed by atoms with van der Waals surface area (Å²) in [5.74, 6) is -3.04. The van der Waals surface area contributed by atoms with Gasteiger partial charge in [0.1, 0.15) is 11.4 Å². The highest BCUT2D eigenvalue weighted by molar-refractivity contribution is 6.45. The van der Waals surface area contributed by atoms with Crippen molar-refractivity contribution in [1.82, 2.24) is 15.2 Å². The van der Waals surface area contributed by atoms with Crippen LogP contribution in [0.3, 0.4) is 0 Å². The topological polar surface area (TPSA) is 133 Å². The van der Waals surface area contributed by atoms with Crippen LogP contribution in [0.1, 0.15) is 49.4 Å². The highest BCUT2D eigenvalue weighted by Crippen LogP contribution is 2.26. The minimum Gasteiger partial charge on any atom is -0.481 e. The molecule has 0 spiro atoms. The summed E-state index contributed by atoms with van der Waals surface area (Å²) >= 11 is 0. The quantitative estimate of drug-likeness (QED) is 0.395. The van der Waals surface area contributed by atoms with Crippen molar-refractivity contribution in [2.45, 2.75) is 57.6 Å². The monoisotopic (exact) mass is 502 g/mol. The van der Waals surface area contributed by atoms with Gasteiger partial charge in [0.2, 0.25) is 5.43 Å². The number of carboxylic acids is 1. The normalized spacial score (nSPS) is 20.5. The molecule has 2 aliphatic heterocycles. The van der Waals surface area contributed by atoms with Gasteiger partial charge in [-0.2, -0.15) is 0 Å². The molecule has 10 nitrogen and oxygen atoms in total. The van der Waals surface area contributed by atoms with E-state index < -0.39 is 42.3 Å². The maximum absolute atomic E-state index is 15.1. The van der Waals surface area contributed by atoms with Gasteiger partial charge in [-0.3, -0.25) is 14.4 Å². The standard InChI is InChI=1S/C24H32BFN4O6/c1-2-3-8-30-14-17(24(34)28-21-5-4-15(11-22(31)32)36-25(21)35)23(33)16-12-18(26)20(13-19(16)30)29-9-6-27-7-10-29/h12-15,21,27,35H,2-11H2,1H3,(H,28,34)(H,31,32)/t15-,21-/m0/s1. The van der Waals surface area contributed by atoms with Crippen molar-refractivity contribution in [2.75, 3.05) is 31.1 Å². The highest BCUT2D eigenvalue weighted by Gasteiger charge is 2.37. The van der Waals surface area contributed by atoms with Crippen molar-refractivity contribution in [1.29, 1.82) is 0 Å². The lowest BCUT2D eigenvalue weighted by Gasteiger charge is -2.31. The highest BCUT2D eigenvalue weighted by atomic mass is 19.1. The summed E-state index contributed by atoms with van der Waals surface area (Å²) in [5, 5.41) is 25.2. The van der Waals surface area contributed by atoms with E-state index in [9.17, 15) is 19.4 Å². The number of carbonyl (C=O) groups excluding carboxylic acids is 1. The first-order valence-corrected chi connectivity index (χ1v) is 12.5. The Kier molecular flexibility index (Phi) is 8.27. The molecule has 3 heterocycles. The van der Waals surface area contributed by atoms with Gasteiger partial charge < -0.3 is 34.9 Å². The van der Waals surface area contributed by atoms with Crippen LogP contribution < -0.4 is 21.0 Å². The number of carboxylic acid groups (broad SMARTS) is 1. The Morgan fingerprint density at radius 3 is 2.69 bits per heavy atom. The van der Waals surface area contributed by atoms with E-state index >= 15 is 4.39 Å². The number of nitrogens with zero attached hydrogens (tertiary/aromatic N) is 2. The van der Waals surface area contributed by atoms with Crippen molar-refractivity contribution in [3.63, 3.8) is 0 Å². The largest absolute Gasteiger partial charge is 0.481 e. The number of nitrogens with one attached hydrogen (secondary N) is 2. The van der Waals surface area contributed by atoms with Gasteiger partial charge in [0, 0.05) is 44.3 Å². The molecule has 1 aromatic heterocycles. The molecule has 1 amide bonds. The smallest absolute Gasteiger partial charge is 0.478 e. The molecule has 2 aromatic rings. The molecule has 194 valence electrons. The third kappa shape index (κ3) is 5.71. The Morgan fingerprint density at radius 1 is 1.28 bits per heavy atom. The zero-order valence-corrected chi connectivity index (χ0v) is 20.3. The van der Waals surface area contributed by atoms with Crippen LogP contribution in [-0.4, -0.2) is 71.9 Å². The third-order valence-electron chi connectivity index (χ3n) is 6.80. The number of carbonyl (C=O) groups is 2. The Bertz CT molecular complexity index is 1190. The summed E-state index contributed by atoms with van der Waals surface area (Å²) in [6, 6.07) is 2.90. The van der Waals surface area contributed by atoms with E-state index in [0.29, 0.717) is 43.7 Å². The number of benzene rings is 1. The van der Waals surface area contributed by atoms with Crippen LogP contribution >= 0.6 is 0 Å². The number of anilines is 1. The van der Waals surface area contributed by atoms with Crippen molar-refractivity contribution in [3.8, 4) is 0 Å². The molecule has 0 saturated carbocycles. The van der Waals surface area contributed by atoms with Gasteiger partial charge in [-0.25, -0.2) is 4.39 Å². The van der Waals surface area contributed by atoms with Crippen LogP contribution in [0, 0.1) is 5.82 Å². The number of hydrogen-bond donors (Lipinski definition) is 4. The van der Waals surface area contributed by atoms with Crippen LogP contribution in [0.2, 0.25) is 0 Å². The number of amides is 1. The van der Waals surface area contributed by atoms with Crippen LogP contribution in [0.25, 0.3) is 10.9 Å². The first-order valence-electron chi connectivity index (χ1n) is 12.5. The maximum atomic E-state index is 15.1. The molecule has 2 fully saturated rings. The lowest BCUT2D eigenvalue weighted by atomic mass is 9.72. The minimum absolute atomic E-state index is 0.122. The van der Waals surface area contributed by atoms with Gasteiger partial charge in [0.05, 0.1) is 29.7 Å². The molecule has 12 heteroatoms. The van der Waals surface area contributed by atoms with Crippen LogP contribution in [0.4, 0.5) is 10.1 Å². The second-order valence-corrected chi connectivity index (χ2v) is 9.38. The SMILES string of the molecule is CCCCn1cc(C(=O)N[C@H]2CC[C@@H](CC(=O)O)OB2O)c(=O)c2cc(F)c(N3CCNCC3)cc21. The number of halogens is 1. The van der Waals surface area contributed by atoms with Gasteiger partial charge in [-0.15, -0.1) is 0 Å². The van der Waals surface area contributed by atoms with E-state index in [2.05, 4.69) is 10.6 Å². The Hall–Kier alpha value is -2.96. The van der Waals surface area contributed by atoms with E-state index in [0.717, 1.165) is 25.9 Å². The number of rotatable bonds is 8. The van der Waals surface area contributed by atoms with Gasteiger partial charge in [-0.1, -0.05) is 13.3 Å². The summed E-state index contributed by atoms with van der Waals surface area (Å²) in [4.78, 5) is 39.3. The van der Waals surface area contributed by atoms with Crippen molar-refractivity contribution in [2.24, 2.45) is 0 Å². The zero-order chi connectivity index (χ0) is 25.8. The number of aryl methyl sites for hydroxylation is 1. The first-order chi connectivity index (χ1) is 17.3. The number of aromatic nitrogens is 1. The predicted octanol–water partition coefficient (Wildman–Crippen LogP) is 1.12. The Morgan fingerprint density at radius 2 is 2.03 bits per heavy atom. The Balaban J connectivity index is 1.64. The first kappa shape index (κ1) is 26.1. The molecule has 0 bridgehead atoms. The van der Waals surface area contributed by atoms with Crippen molar-refractivity contribution >= 4 is 35.6 Å². The molecule has 1 aromatic carbocycles. The lowest BCUT2D eigenvalue weighted by Crippen LogP contribution is -2.53. The van der Waals surface area contributed by atoms with Gasteiger partial charge in [0.15, 0.2) is 0 Å². The van der Waals surface area contributed by atoms with E-state index in [1.54, 1.807) is 6.07 Å². The van der Waals surface area contributed by atoms with Crippen molar-refractivity contribution < 1.29 is 28.8 Å². The number of aliphatic carboxylic acids is 1. The molecule has 4 N–H and O–H groups in total. The lowest BCUT2D eigenvalue weighted by molar-refractivity contribution is -0.139. The van der Waals surface area contributed by atoms with Gasteiger partial charge >= 0.3 is 13.1 Å². The molecule has 36 heavy (non-hydrogen) atoms. The van der Waals surface area contributed by atoms with Gasteiger partial charge in [-0.05, 0) is 31.4 Å².